The molecule has 0 saturated carbocycles. The molecule has 0 unspecified atom stereocenters. The first-order valence-corrected chi connectivity index (χ1v) is 8.83. The van der Waals surface area contributed by atoms with Crippen molar-refractivity contribution in [3.63, 3.8) is 0 Å². The van der Waals surface area contributed by atoms with Gasteiger partial charge in [-0.2, -0.15) is 0 Å². The second-order valence-corrected chi connectivity index (χ2v) is 6.52. The maximum Gasteiger partial charge on any atom is 0.271 e. The topological polar surface area (TPSA) is 72.7 Å². The van der Waals surface area contributed by atoms with E-state index in [1.807, 2.05) is 36.6 Å². The normalized spacial score (nSPS) is 11.0. The van der Waals surface area contributed by atoms with Gasteiger partial charge in [0.2, 0.25) is 0 Å². The molecule has 1 aromatic carbocycles. The molecule has 3 aromatic rings. The Labute approximate surface area is 149 Å². The maximum atomic E-state index is 12.8. The van der Waals surface area contributed by atoms with E-state index in [0.717, 1.165) is 16.8 Å². The number of hydrogen-bond acceptors (Lipinski definition) is 5. The molecule has 0 fully saturated rings. The van der Waals surface area contributed by atoms with Crippen LogP contribution in [0, 0.1) is 6.92 Å². The first kappa shape index (κ1) is 17.3. The number of ether oxygens (including phenoxy) is 1. The summed E-state index contributed by atoms with van der Waals surface area (Å²) < 4.78 is 6.44. The Hall–Kier alpha value is -2.51. The number of fused-ring (bicyclic) bond motifs is 1. The molecule has 1 N–H and O–H groups in total. The molecular formula is C18H19N3O3S. The first-order valence-electron chi connectivity index (χ1n) is 7.95. The summed E-state index contributed by atoms with van der Waals surface area (Å²) in [7, 11) is 1.61. The largest absolute Gasteiger partial charge is 0.385 e. The molecule has 0 atom stereocenters. The van der Waals surface area contributed by atoms with Gasteiger partial charge in [-0.1, -0.05) is 29.8 Å². The second kappa shape index (κ2) is 7.58. The standard InChI is InChI=1S/C18H19N3O3S/c1-12-4-6-13(7-5-12)15-11-25-18-20-10-14(17(23)21(15)18)16(22)19-8-3-9-24-2/h4-7,10-11H,3,8-9H2,1-2H3,(H,19,22). The van der Waals surface area contributed by atoms with E-state index in [-0.39, 0.29) is 11.1 Å². The Kier molecular flexibility index (Phi) is 5.25. The third-order valence-electron chi connectivity index (χ3n) is 3.85. The van der Waals surface area contributed by atoms with E-state index in [4.69, 9.17) is 4.74 Å². The molecule has 3 rings (SSSR count). The molecular weight excluding hydrogens is 338 g/mol. The lowest BCUT2D eigenvalue weighted by molar-refractivity contribution is 0.0946. The number of methoxy groups -OCH3 is 1. The van der Waals surface area contributed by atoms with Crippen molar-refractivity contribution in [1.29, 1.82) is 0 Å². The smallest absolute Gasteiger partial charge is 0.271 e. The molecule has 1 amide bonds. The number of carbonyl (C=O) groups is 1. The number of nitrogens with zero attached hydrogens (tertiary/aromatic N) is 2. The van der Waals surface area contributed by atoms with Gasteiger partial charge < -0.3 is 10.1 Å². The summed E-state index contributed by atoms with van der Waals surface area (Å²) in [5, 5.41) is 4.61. The fraction of sp³-hybridized carbons (Fsp3) is 0.278. The highest BCUT2D eigenvalue weighted by atomic mass is 32.1. The van der Waals surface area contributed by atoms with Crippen molar-refractivity contribution >= 4 is 22.2 Å². The average Bonchev–Trinajstić information content (AvgIpc) is 3.04. The molecule has 0 aliphatic rings. The Morgan fingerprint density at radius 2 is 2.08 bits per heavy atom. The van der Waals surface area contributed by atoms with Crippen LogP contribution in [0.3, 0.4) is 0 Å². The van der Waals surface area contributed by atoms with Crippen molar-refractivity contribution in [2.75, 3.05) is 20.3 Å². The van der Waals surface area contributed by atoms with Gasteiger partial charge in [0, 0.05) is 31.8 Å². The molecule has 2 aromatic heterocycles. The van der Waals surface area contributed by atoms with Crippen LogP contribution in [0.25, 0.3) is 16.2 Å². The number of hydrogen-bond donors (Lipinski definition) is 1. The molecule has 130 valence electrons. The van der Waals surface area contributed by atoms with E-state index >= 15 is 0 Å². The summed E-state index contributed by atoms with van der Waals surface area (Å²) in [4.78, 5) is 29.9. The van der Waals surface area contributed by atoms with Crippen LogP contribution in [0.2, 0.25) is 0 Å². The van der Waals surface area contributed by atoms with Crippen molar-refractivity contribution in [1.82, 2.24) is 14.7 Å². The van der Waals surface area contributed by atoms with Crippen molar-refractivity contribution in [3.8, 4) is 11.3 Å². The highest BCUT2D eigenvalue weighted by molar-refractivity contribution is 7.15. The minimum absolute atomic E-state index is 0.0432. The summed E-state index contributed by atoms with van der Waals surface area (Å²) in [5.41, 5.74) is 2.49. The zero-order valence-electron chi connectivity index (χ0n) is 14.1. The summed E-state index contributed by atoms with van der Waals surface area (Å²) in [6.45, 7) is 3.01. The van der Waals surface area contributed by atoms with Crippen LogP contribution in [0.15, 0.2) is 40.6 Å². The van der Waals surface area contributed by atoms with Crippen LogP contribution in [0.1, 0.15) is 22.3 Å². The number of benzene rings is 1. The fourth-order valence-electron chi connectivity index (χ4n) is 2.49. The number of nitrogens with one attached hydrogen (secondary N) is 1. The summed E-state index contributed by atoms with van der Waals surface area (Å²) in [6.07, 6.45) is 2.03. The summed E-state index contributed by atoms with van der Waals surface area (Å²) in [6, 6.07) is 7.90. The van der Waals surface area contributed by atoms with Gasteiger partial charge in [-0.15, -0.1) is 11.3 Å². The predicted octanol–water partition coefficient (Wildman–Crippen LogP) is 2.50. The molecule has 0 aliphatic carbocycles. The molecule has 2 heterocycles. The molecule has 0 saturated heterocycles. The first-order chi connectivity index (χ1) is 12.1. The molecule has 0 bridgehead atoms. The van der Waals surface area contributed by atoms with Crippen molar-refractivity contribution in [2.45, 2.75) is 13.3 Å². The SMILES string of the molecule is COCCCNC(=O)c1cnc2scc(-c3ccc(C)cc3)n2c1=O. The van der Waals surface area contributed by atoms with Gasteiger partial charge in [0.15, 0.2) is 4.96 Å². The minimum Gasteiger partial charge on any atom is -0.385 e. The molecule has 0 radical (unpaired) electrons. The number of rotatable bonds is 6. The Morgan fingerprint density at radius 1 is 1.32 bits per heavy atom. The van der Waals surface area contributed by atoms with E-state index in [1.165, 1.54) is 21.9 Å². The van der Waals surface area contributed by atoms with Gasteiger partial charge in [-0.3, -0.25) is 14.0 Å². The van der Waals surface area contributed by atoms with Crippen LogP contribution < -0.4 is 10.9 Å². The number of aryl methyl sites for hydroxylation is 1. The lowest BCUT2D eigenvalue weighted by atomic mass is 10.1. The van der Waals surface area contributed by atoms with Crippen LogP contribution >= 0.6 is 11.3 Å². The zero-order chi connectivity index (χ0) is 17.8. The van der Waals surface area contributed by atoms with E-state index < -0.39 is 5.91 Å². The molecule has 0 spiro atoms. The molecule has 7 heteroatoms. The van der Waals surface area contributed by atoms with Gasteiger partial charge >= 0.3 is 0 Å². The number of carbonyl (C=O) groups excluding carboxylic acids is 1. The van der Waals surface area contributed by atoms with E-state index in [0.29, 0.717) is 24.5 Å². The van der Waals surface area contributed by atoms with Gasteiger partial charge in [-0.05, 0) is 18.9 Å². The van der Waals surface area contributed by atoms with E-state index in [2.05, 4.69) is 10.3 Å². The van der Waals surface area contributed by atoms with E-state index in [1.54, 1.807) is 7.11 Å². The number of amides is 1. The van der Waals surface area contributed by atoms with Crippen molar-refractivity contribution in [2.24, 2.45) is 0 Å². The minimum atomic E-state index is -0.413. The van der Waals surface area contributed by atoms with Gasteiger partial charge in [0.1, 0.15) is 5.56 Å². The predicted molar refractivity (Wildman–Crippen MR) is 98.3 cm³/mol. The fourth-order valence-corrected chi connectivity index (χ4v) is 3.35. The van der Waals surface area contributed by atoms with Crippen molar-refractivity contribution < 1.29 is 9.53 Å². The van der Waals surface area contributed by atoms with Crippen LogP contribution in [0.4, 0.5) is 0 Å². The van der Waals surface area contributed by atoms with Crippen LogP contribution in [-0.2, 0) is 4.74 Å². The highest BCUT2D eigenvalue weighted by Gasteiger charge is 2.16. The highest BCUT2D eigenvalue weighted by Crippen LogP contribution is 2.24. The summed E-state index contributed by atoms with van der Waals surface area (Å²) >= 11 is 1.38. The van der Waals surface area contributed by atoms with Crippen LogP contribution in [0.5, 0.6) is 0 Å². The lowest BCUT2D eigenvalue weighted by Crippen LogP contribution is -2.32. The number of thiazole rings is 1. The Balaban J connectivity index is 1.96. The monoisotopic (exact) mass is 357 g/mol. The van der Waals surface area contributed by atoms with Gasteiger partial charge in [-0.25, -0.2) is 4.98 Å². The van der Waals surface area contributed by atoms with Gasteiger partial charge in [0.25, 0.3) is 11.5 Å². The maximum absolute atomic E-state index is 12.8. The molecule has 0 aliphatic heterocycles. The Morgan fingerprint density at radius 3 is 2.80 bits per heavy atom. The third-order valence-corrected chi connectivity index (χ3v) is 4.69. The molecule has 6 nitrogen and oxygen atoms in total. The zero-order valence-corrected chi connectivity index (χ0v) is 14.9. The Bertz CT molecular complexity index is 944. The van der Waals surface area contributed by atoms with E-state index in [9.17, 15) is 9.59 Å². The quantitative estimate of drug-likeness (QED) is 0.688. The third kappa shape index (κ3) is 3.62. The lowest BCUT2D eigenvalue weighted by Gasteiger charge is -2.06. The van der Waals surface area contributed by atoms with Crippen molar-refractivity contribution in [3.05, 3.63) is 57.3 Å². The summed E-state index contributed by atoms with van der Waals surface area (Å²) in [5.74, 6) is -0.413. The number of aromatic nitrogens is 2. The van der Waals surface area contributed by atoms with Crippen LogP contribution in [-0.4, -0.2) is 35.6 Å². The molecule has 25 heavy (non-hydrogen) atoms. The second-order valence-electron chi connectivity index (χ2n) is 5.68. The average molecular weight is 357 g/mol. The van der Waals surface area contributed by atoms with Gasteiger partial charge in [0.05, 0.1) is 5.69 Å².